The van der Waals surface area contributed by atoms with Crippen LogP contribution in [0.25, 0.3) is 0 Å². The lowest BCUT2D eigenvalue weighted by molar-refractivity contribution is -0.147. The van der Waals surface area contributed by atoms with Gasteiger partial charge < -0.3 is 10.5 Å². The molecular formula is C19H27N3O3. The van der Waals surface area contributed by atoms with E-state index in [2.05, 4.69) is 24.0 Å². The van der Waals surface area contributed by atoms with Gasteiger partial charge in [-0.05, 0) is 32.3 Å². The van der Waals surface area contributed by atoms with Gasteiger partial charge >= 0.3 is 5.97 Å². The van der Waals surface area contributed by atoms with Crippen molar-refractivity contribution in [1.29, 1.82) is 0 Å². The number of benzene rings is 1. The van der Waals surface area contributed by atoms with Crippen LogP contribution in [0.2, 0.25) is 0 Å². The molecule has 6 nitrogen and oxygen atoms in total. The number of carbonyl (C=O) groups is 2. The summed E-state index contributed by atoms with van der Waals surface area (Å²) in [5.41, 5.74) is 8.50. The molecule has 1 heterocycles. The van der Waals surface area contributed by atoms with Crippen molar-refractivity contribution in [2.75, 3.05) is 12.3 Å². The van der Waals surface area contributed by atoms with E-state index < -0.39 is 11.9 Å². The summed E-state index contributed by atoms with van der Waals surface area (Å²) < 4.78 is 4.86. The van der Waals surface area contributed by atoms with E-state index in [0.29, 0.717) is 17.3 Å². The predicted octanol–water partition coefficient (Wildman–Crippen LogP) is 3.35. The molecule has 0 aliphatic heterocycles. The molecule has 0 saturated heterocycles. The molecule has 25 heavy (non-hydrogen) atoms. The molecule has 0 bridgehead atoms. The van der Waals surface area contributed by atoms with Crippen molar-refractivity contribution >= 4 is 17.6 Å². The van der Waals surface area contributed by atoms with Gasteiger partial charge in [0.15, 0.2) is 0 Å². The van der Waals surface area contributed by atoms with E-state index in [1.54, 1.807) is 31.2 Å². The van der Waals surface area contributed by atoms with Crippen LogP contribution in [0.1, 0.15) is 56.4 Å². The summed E-state index contributed by atoms with van der Waals surface area (Å²) >= 11 is 0. The zero-order valence-corrected chi connectivity index (χ0v) is 15.5. The fourth-order valence-corrected chi connectivity index (χ4v) is 2.59. The van der Waals surface area contributed by atoms with Crippen molar-refractivity contribution in [3.8, 4) is 0 Å². The molecule has 0 aliphatic carbocycles. The smallest absolute Gasteiger partial charge is 0.320 e. The van der Waals surface area contributed by atoms with E-state index in [0.717, 1.165) is 11.3 Å². The second-order valence-electron chi connectivity index (χ2n) is 6.01. The van der Waals surface area contributed by atoms with Gasteiger partial charge in [0.1, 0.15) is 17.5 Å². The number of nitrogens with two attached hydrogens (primary N) is 1. The molecule has 136 valence electrons. The highest BCUT2D eigenvalue weighted by molar-refractivity contribution is 6.03. The number of rotatable bonds is 5. The molecule has 0 fully saturated rings. The number of nitrogens with zero attached hydrogens (tertiary/aromatic N) is 1. The maximum absolute atomic E-state index is 11.5. The van der Waals surface area contributed by atoms with E-state index in [1.807, 2.05) is 13.0 Å². The number of aromatic nitrogens is 2. The van der Waals surface area contributed by atoms with Gasteiger partial charge in [-0.1, -0.05) is 44.2 Å². The summed E-state index contributed by atoms with van der Waals surface area (Å²) in [5.74, 6) is -0.367. The number of nitrogens with one attached hydrogen (secondary N) is 1. The zero-order valence-electron chi connectivity index (χ0n) is 15.5. The van der Waals surface area contributed by atoms with Gasteiger partial charge in [0.05, 0.1) is 6.61 Å². The number of aromatic amines is 1. The van der Waals surface area contributed by atoms with E-state index in [-0.39, 0.29) is 12.4 Å². The SMILES string of the molecule is CCOC(=O)C(C(C)=O)c1ccccc1.Cc1[nH]nc(N)c1C(C)C. The molecule has 1 aromatic heterocycles. The number of esters is 1. The topological polar surface area (TPSA) is 98.1 Å². The van der Waals surface area contributed by atoms with Gasteiger partial charge in [0.2, 0.25) is 0 Å². The zero-order chi connectivity index (χ0) is 19.0. The van der Waals surface area contributed by atoms with Crippen LogP contribution >= 0.6 is 0 Å². The van der Waals surface area contributed by atoms with Crippen LogP contribution in [-0.2, 0) is 14.3 Å². The molecule has 1 atom stereocenters. The maximum Gasteiger partial charge on any atom is 0.320 e. The van der Waals surface area contributed by atoms with Crippen LogP contribution in [0.15, 0.2) is 30.3 Å². The number of H-pyrrole nitrogens is 1. The summed E-state index contributed by atoms with van der Waals surface area (Å²) in [6.45, 7) is 9.60. The highest BCUT2D eigenvalue weighted by Crippen LogP contribution is 2.22. The van der Waals surface area contributed by atoms with E-state index >= 15 is 0 Å². The normalized spacial score (nSPS) is 11.4. The van der Waals surface area contributed by atoms with E-state index in [9.17, 15) is 9.59 Å². The molecular weight excluding hydrogens is 318 g/mol. The van der Waals surface area contributed by atoms with Crippen molar-refractivity contribution in [2.45, 2.75) is 46.5 Å². The highest BCUT2D eigenvalue weighted by atomic mass is 16.5. The lowest BCUT2D eigenvalue weighted by atomic mass is 9.96. The molecule has 1 aromatic carbocycles. The Morgan fingerprint density at radius 2 is 1.84 bits per heavy atom. The third-order valence-corrected chi connectivity index (χ3v) is 3.66. The van der Waals surface area contributed by atoms with Crippen LogP contribution in [0, 0.1) is 6.92 Å². The molecule has 2 aromatic rings. The first-order chi connectivity index (χ1) is 11.8. The highest BCUT2D eigenvalue weighted by Gasteiger charge is 2.26. The van der Waals surface area contributed by atoms with Gasteiger partial charge in [-0.3, -0.25) is 14.7 Å². The standard InChI is InChI=1S/C12H14O3.C7H13N3/c1-3-15-12(14)11(9(2)13)10-7-5-4-6-8-10;1-4(2)6-5(3)9-10-7(6)8/h4-8,11H,3H2,1-2H3;4H,1-3H3,(H3,8,9,10). The third kappa shape index (κ3) is 5.74. The minimum Gasteiger partial charge on any atom is -0.465 e. The minimum absolute atomic E-state index is 0.195. The van der Waals surface area contributed by atoms with Crippen LogP contribution in [0.3, 0.4) is 0 Å². The number of carbonyl (C=O) groups excluding carboxylic acids is 2. The van der Waals surface area contributed by atoms with Gasteiger partial charge in [-0.25, -0.2) is 0 Å². The Bertz CT molecular complexity index is 674. The molecule has 0 spiro atoms. The van der Waals surface area contributed by atoms with Crippen molar-refractivity contribution in [1.82, 2.24) is 10.2 Å². The van der Waals surface area contributed by atoms with Gasteiger partial charge in [-0.2, -0.15) is 5.10 Å². The largest absolute Gasteiger partial charge is 0.465 e. The predicted molar refractivity (Wildman–Crippen MR) is 98.3 cm³/mol. The molecule has 3 N–H and O–H groups in total. The summed E-state index contributed by atoms with van der Waals surface area (Å²) in [5, 5.41) is 6.73. The lowest BCUT2D eigenvalue weighted by Crippen LogP contribution is -2.22. The van der Waals surface area contributed by atoms with Crippen molar-refractivity contribution in [3.05, 3.63) is 47.2 Å². The maximum atomic E-state index is 11.5. The molecule has 1 unspecified atom stereocenters. The summed E-state index contributed by atoms with van der Waals surface area (Å²) in [4.78, 5) is 22.9. The quantitative estimate of drug-likeness (QED) is 0.639. The fourth-order valence-electron chi connectivity index (χ4n) is 2.59. The van der Waals surface area contributed by atoms with Crippen molar-refractivity contribution < 1.29 is 14.3 Å². The summed E-state index contributed by atoms with van der Waals surface area (Å²) in [6, 6.07) is 8.94. The Morgan fingerprint density at radius 1 is 1.24 bits per heavy atom. The number of ketones is 1. The first kappa shape index (κ1) is 20.4. The fraction of sp³-hybridized carbons (Fsp3) is 0.421. The second kappa shape index (κ2) is 9.61. The number of hydrogen-bond acceptors (Lipinski definition) is 5. The van der Waals surface area contributed by atoms with Crippen LogP contribution in [0.4, 0.5) is 5.82 Å². The number of anilines is 1. The van der Waals surface area contributed by atoms with Crippen molar-refractivity contribution in [2.24, 2.45) is 0 Å². The molecule has 0 radical (unpaired) electrons. The lowest BCUT2D eigenvalue weighted by Gasteiger charge is -2.12. The Morgan fingerprint density at radius 3 is 2.20 bits per heavy atom. The van der Waals surface area contributed by atoms with E-state index in [1.165, 1.54) is 6.92 Å². The number of hydrogen-bond donors (Lipinski definition) is 2. The first-order valence-electron chi connectivity index (χ1n) is 8.31. The number of ether oxygens (including phenoxy) is 1. The number of nitrogen functional groups attached to an aromatic ring is 1. The molecule has 2 rings (SSSR count). The number of Topliss-reactive ketones (excluding diaryl/α,β-unsaturated/α-hetero) is 1. The van der Waals surface area contributed by atoms with Crippen LogP contribution in [0.5, 0.6) is 0 Å². The van der Waals surface area contributed by atoms with Gasteiger partial charge in [0.25, 0.3) is 0 Å². The Labute approximate surface area is 148 Å². The molecule has 0 aliphatic rings. The Kier molecular flexibility index (Phi) is 7.85. The third-order valence-electron chi connectivity index (χ3n) is 3.66. The van der Waals surface area contributed by atoms with Gasteiger partial charge in [-0.15, -0.1) is 0 Å². The summed E-state index contributed by atoms with van der Waals surface area (Å²) in [6.07, 6.45) is 0. The second-order valence-corrected chi connectivity index (χ2v) is 6.01. The molecule has 6 heteroatoms. The first-order valence-corrected chi connectivity index (χ1v) is 8.31. The summed E-state index contributed by atoms with van der Waals surface area (Å²) in [7, 11) is 0. The van der Waals surface area contributed by atoms with E-state index in [4.69, 9.17) is 10.5 Å². The molecule has 0 saturated carbocycles. The average molecular weight is 345 g/mol. The number of aryl methyl sites for hydroxylation is 1. The van der Waals surface area contributed by atoms with Gasteiger partial charge in [0, 0.05) is 11.3 Å². The minimum atomic E-state index is -0.786. The Hall–Kier alpha value is -2.63. The van der Waals surface area contributed by atoms with Crippen LogP contribution in [-0.4, -0.2) is 28.6 Å². The van der Waals surface area contributed by atoms with Crippen molar-refractivity contribution in [3.63, 3.8) is 0 Å². The molecule has 0 amide bonds. The monoisotopic (exact) mass is 345 g/mol. The van der Waals surface area contributed by atoms with Crippen LogP contribution < -0.4 is 5.73 Å². The average Bonchev–Trinajstić information content (AvgIpc) is 2.88. The Balaban J connectivity index is 0.000000271.